The zero-order valence-electron chi connectivity index (χ0n) is 12.4. The molecule has 0 radical (unpaired) electrons. The Morgan fingerprint density at radius 3 is 2.16 bits per heavy atom. The molecular formula is C13H26N2O4. The smallest absolute Gasteiger partial charge is 0.326 e. The number of aliphatic hydroxyl groups is 1. The highest BCUT2D eigenvalue weighted by Crippen LogP contribution is 2.08. The van der Waals surface area contributed by atoms with E-state index in [0.29, 0.717) is 13.0 Å². The van der Waals surface area contributed by atoms with Crippen molar-refractivity contribution in [2.75, 3.05) is 13.1 Å². The Hall–Kier alpha value is -1.30. The second-order valence-corrected chi connectivity index (χ2v) is 5.80. The van der Waals surface area contributed by atoms with E-state index >= 15 is 0 Å². The number of urea groups is 1. The predicted molar refractivity (Wildman–Crippen MR) is 73.0 cm³/mol. The van der Waals surface area contributed by atoms with Gasteiger partial charge >= 0.3 is 12.0 Å². The molecule has 0 aromatic rings. The summed E-state index contributed by atoms with van der Waals surface area (Å²) < 4.78 is 0. The van der Waals surface area contributed by atoms with Crippen molar-refractivity contribution in [2.24, 2.45) is 5.92 Å². The number of carboxylic acids is 1. The molecule has 0 saturated heterocycles. The summed E-state index contributed by atoms with van der Waals surface area (Å²) >= 11 is 0. The Labute approximate surface area is 114 Å². The molecule has 0 unspecified atom stereocenters. The van der Waals surface area contributed by atoms with Gasteiger partial charge in [-0.2, -0.15) is 0 Å². The number of rotatable bonds is 7. The molecule has 6 nitrogen and oxygen atoms in total. The minimum Gasteiger partial charge on any atom is -0.480 e. The molecule has 0 rings (SSSR count). The van der Waals surface area contributed by atoms with Gasteiger partial charge in [-0.1, -0.05) is 13.8 Å². The fourth-order valence-corrected chi connectivity index (χ4v) is 1.73. The molecule has 1 atom stereocenters. The number of carboxylic acid groups (broad SMARTS) is 1. The number of nitrogens with one attached hydrogen (secondary N) is 1. The van der Waals surface area contributed by atoms with Crippen LogP contribution in [0.5, 0.6) is 0 Å². The summed E-state index contributed by atoms with van der Waals surface area (Å²) in [5.41, 5.74) is -1.01. The van der Waals surface area contributed by atoms with E-state index in [4.69, 9.17) is 5.11 Å². The van der Waals surface area contributed by atoms with Gasteiger partial charge in [0.1, 0.15) is 6.04 Å². The van der Waals surface area contributed by atoms with Gasteiger partial charge in [0.2, 0.25) is 0 Å². The van der Waals surface area contributed by atoms with Crippen molar-refractivity contribution in [3.05, 3.63) is 0 Å². The van der Waals surface area contributed by atoms with Crippen LogP contribution in [0.1, 0.15) is 41.0 Å². The number of carbonyl (C=O) groups excluding carboxylic acids is 1. The molecule has 112 valence electrons. The first kappa shape index (κ1) is 17.7. The molecule has 0 spiro atoms. The third-order valence-electron chi connectivity index (χ3n) is 2.55. The van der Waals surface area contributed by atoms with Gasteiger partial charge in [0.05, 0.1) is 12.1 Å². The van der Waals surface area contributed by atoms with E-state index in [0.717, 1.165) is 0 Å². The minimum absolute atomic E-state index is 0.156. The quantitative estimate of drug-likeness (QED) is 0.652. The monoisotopic (exact) mass is 274 g/mol. The Kier molecular flexibility index (Phi) is 6.83. The molecule has 0 heterocycles. The van der Waals surface area contributed by atoms with E-state index in [1.54, 1.807) is 20.8 Å². The lowest BCUT2D eigenvalue weighted by atomic mass is 10.0. The lowest BCUT2D eigenvalue weighted by Gasteiger charge is -2.29. The highest BCUT2D eigenvalue weighted by atomic mass is 16.4. The molecule has 0 bridgehead atoms. The highest BCUT2D eigenvalue weighted by Gasteiger charge is 2.26. The standard InChI is InChI=1S/C13H26N2O4/c1-6-15(8-13(4,5)19)12(18)14-10(11(16)17)7-9(2)3/h9-10,19H,6-8H2,1-5H3,(H,14,18)(H,16,17)/t10-/m0/s1. The Balaban J connectivity index is 4.64. The molecule has 0 aromatic heterocycles. The van der Waals surface area contributed by atoms with E-state index in [1.807, 2.05) is 13.8 Å². The zero-order valence-corrected chi connectivity index (χ0v) is 12.4. The number of hydrogen-bond acceptors (Lipinski definition) is 3. The molecule has 0 aliphatic carbocycles. The van der Waals surface area contributed by atoms with Crippen LogP contribution in [0.3, 0.4) is 0 Å². The maximum atomic E-state index is 12.0. The average Bonchev–Trinajstić information content (AvgIpc) is 2.22. The van der Waals surface area contributed by atoms with E-state index in [2.05, 4.69) is 5.32 Å². The van der Waals surface area contributed by atoms with Crippen molar-refractivity contribution in [3.63, 3.8) is 0 Å². The van der Waals surface area contributed by atoms with Crippen LogP contribution in [0.4, 0.5) is 4.79 Å². The lowest BCUT2D eigenvalue weighted by molar-refractivity contribution is -0.139. The first-order valence-corrected chi connectivity index (χ1v) is 6.57. The van der Waals surface area contributed by atoms with Gasteiger partial charge in [-0.05, 0) is 33.1 Å². The van der Waals surface area contributed by atoms with Crippen LogP contribution in [-0.4, -0.2) is 51.8 Å². The molecular weight excluding hydrogens is 248 g/mol. The second-order valence-electron chi connectivity index (χ2n) is 5.80. The molecule has 3 N–H and O–H groups in total. The van der Waals surface area contributed by atoms with Crippen LogP contribution in [0.15, 0.2) is 0 Å². The maximum absolute atomic E-state index is 12.0. The highest BCUT2D eigenvalue weighted by molar-refractivity contribution is 5.82. The van der Waals surface area contributed by atoms with Crippen molar-refractivity contribution in [3.8, 4) is 0 Å². The van der Waals surface area contributed by atoms with Gasteiger partial charge in [0.15, 0.2) is 0 Å². The van der Waals surface area contributed by atoms with Gasteiger partial charge in [0.25, 0.3) is 0 Å². The van der Waals surface area contributed by atoms with E-state index in [-0.39, 0.29) is 12.5 Å². The summed E-state index contributed by atoms with van der Waals surface area (Å²) in [6.45, 7) is 9.35. The fraction of sp³-hybridized carbons (Fsp3) is 0.846. The SMILES string of the molecule is CCN(CC(C)(C)O)C(=O)N[C@@H](CC(C)C)C(=O)O. The molecule has 0 aliphatic heterocycles. The zero-order chi connectivity index (χ0) is 15.2. The normalized spacial score (nSPS) is 13.2. The number of hydrogen-bond donors (Lipinski definition) is 3. The minimum atomic E-state index is -1.04. The van der Waals surface area contributed by atoms with Crippen LogP contribution in [-0.2, 0) is 4.79 Å². The van der Waals surface area contributed by atoms with E-state index in [9.17, 15) is 14.7 Å². The second kappa shape index (κ2) is 7.33. The summed E-state index contributed by atoms with van der Waals surface area (Å²) in [4.78, 5) is 24.5. The summed E-state index contributed by atoms with van der Waals surface area (Å²) in [6, 6.07) is -1.36. The molecule has 19 heavy (non-hydrogen) atoms. The van der Waals surface area contributed by atoms with Crippen LogP contribution in [0.2, 0.25) is 0 Å². The van der Waals surface area contributed by atoms with Crippen LogP contribution in [0, 0.1) is 5.92 Å². The first-order chi connectivity index (χ1) is 8.56. The predicted octanol–water partition coefficient (Wildman–Crippen LogP) is 1.29. The van der Waals surface area contributed by atoms with Crippen molar-refractivity contribution in [2.45, 2.75) is 52.7 Å². The van der Waals surface area contributed by atoms with Crippen LogP contribution < -0.4 is 5.32 Å². The number of nitrogens with zero attached hydrogens (tertiary/aromatic N) is 1. The topological polar surface area (TPSA) is 89.9 Å². The molecule has 2 amide bonds. The average molecular weight is 274 g/mol. The first-order valence-electron chi connectivity index (χ1n) is 6.57. The largest absolute Gasteiger partial charge is 0.480 e. The molecule has 0 saturated carbocycles. The van der Waals surface area contributed by atoms with Crippen molar-refractivity contribution >= 4 is 12.0 Å². The summed E-state index contributed by atoms with van der Waals surface area (Å²) in [5.74, 6) is -0.868. The van der Waals surface area contributed by atoms with Gasteiger partial charge in [0, 0.05) is 6.54 Å². The van der Waals surface area contributed by atoms with Crippen molar-refractivity contribution in [1.29, 1.82) is 0 Å². The maximum Gasteiger partial charge on any atom is 0.326 e. The number of carbonyl (C=O) groups is 2. The summed E-state index contributed by atoms with van der Waals surface area (Å²) in [7, 11) is 0. The van der Waals surface area contributed by atoms with Gasteiger partial charge in [-0.25, -0.2) is 9.59 Å². The lowest BCUT2D eigenvalue weighted by Crippen LogP contribution is -2.51. The summed E-state index contributed by atoms with van der Waals surface area (Å²) in [5, 5.41) is 21.3. The fourth-order valence-electron chi connectivity index (χ4n) is 1.73. The third-order valence-corrected chi connectivity index (χ3v) is 2.55. The third kappa shape index (κ3) is 7.66. The number of aliphatic carboxylic acids is 1. The number of amides is 2. The van der Waals surface area contributed by atoms with Crippen molar-refractivity contribution in [1.82, 2.24) is 10.2 Å². The number of likely N-dealkylation sites (N-methyl/N-ethyl adjacent to an activating group) is 1. The van der Waals surface area contributed by atoms with Gasteiger partial charge in [-0.15, -0.1) is 0 Å². The molecule has 6 heteroatoms. The summed E-state index contributed by atoms with van der Waals surface area (Å²) in [6.07, 6.45) is 0.376. The Morgan fingerprint density at radius 2 is 1.84 bits per heavy atom. The van der Waals surface area contributed by atoms with Crippen molar-refractivity contribution < 1.29 is 19.8 Å². The van der Waals surface area contributed by atoms with Gasteiger partial charge < -0.3 is 20.4 Å². The molecule has 0 aromatic carbocycles. The Bertz CT molecular complexity index is 310. The van der Waals surface area contributed by atoms with Gasteiger partial charge in [-0.3, -0.25) is 0 Å². The van der Waals surface area contributed by atoms with E-state index < -0.39 is 23.6 Å². The van der Waals surface area contributed by atoms with Crippen LogP contribution >= 0.6 is 0 Å². The Morgan fingerprint density at radius 1 is 1.32 bits per heavy atom. The molecule has 0 fully saturated rings. The molecule has 0 aliphatic rings. The van der Waals surface area contributed by atoms with Crippen LogP contribution in [0.25, 0.3) is 0 Å². The van der Waals surface area contributed by atoms with E-state index in [1.165, 1.54) is 4.90 Å².